The van der Waals surface area contributed by atoms with Crippen molar-refractivity contribution in [1.29, 1.82) is 0 Å². The second kappa shape index (κ2) is 5.88. The molecule has 0 radical (unpaired) electrons. The SMILES string of the molecule is CC[C@@H]([NH2+]CC(N)=O)c1ccc(Br)cc1. The van der Waals surface area contributed by atoms with Gasteiger partial charge in [-0.05, 0) is 12.1 Å². The van der Waals surface area contributed by atoms with Crippen LogP contribution in [0.3, 0.4) is 0 Å². The summed E-state index contributed by atoms with van der Waals surface area (Å²) in [5, 5.41) is 1.98. The Labute approximate surface area is 98.2 Å². The molecular weight excluding hydrogens is 256 g/mol. The van der Waals surface area contributed by atoms with Gasteiger partial charge in [0.15, 0.2) is 6.54 Å². The molecule has 0 spiro atoms. The number of carbonyl (C=O) groups is 1. The van der Waals surface area contributed by atoms with Crippen molar-refractivity contribution in [3.8, 4) is 0 Å². The van der Waals surface area contributed by atoms with E-state index in [0.29, 0.717) is 12.6 Å². The van der Waals surface area contributed by atoms with Crippen molar-refractivity contribution >= 4 is 21.8 Å². The quantitative estimate of drug-likeness (QED) is 0.823. The van der Waals surface area contributed by atoms with Gasteiger partial charge in [0.2, 0.25) is 0 Å². The van der Waals surface area contributed by atoms with Gasteiger partial charge < -0.3 is 11.1 Å². The molecule has 0 saturated heterocycles. The lowest BCUT2D eigenvalue weighted by atomic mass is 10.0. The summed E-state index contributed by atoms with van der Waals surface area (Å²) in [6, 6.07) is 8.46. The van der Waals surface area contributed by atoms with E-state index < -0.39 is 0 Å². The van der Waals surface area contributed by atoms with Crippen LogP contribution in [0.4, 0.5) is 0 Å². The minimum Gasteiger partial charge on any atom is -0.365 e. The summed E-state index contributed by atoms with van der Waals surface area (Å²) in [5.74, 6) is -0.273. The van der Waals surface area contributed by atoms with Crippen LogP contribution in [0.1, 0.15) is 24.9 Å². The maximum Gasteiger partial charge on any atom is 0.272 e. The lowest BCUT2D eigenvalue weighted by Gasteiger charge is -2.12. The number of nitrogens with two attached hydrogens (primary N) is 2. The third kappa shape index (κ3) is 4.01. The predicted molar refractivity (Wildman–Crippen MR) is 63.2 cm³/mol. The highest BCUT2D eigenvalue weighted by Gasteiger charge is 2.12. The zero-order valence-corrected chi connectivity index (χ0v) is 10.3. The summed E-state index contributed by atoms with van der Waals surface area (Å²) in [7, 11) is 0. The molecular formula is C11H16BrN2O+. The van der Waals surface area contributed by atoms with E-state index in [4.69, 9.17) is 5.73 Å². The third-order valence-corrected chi connectivity index (χ3v) is 2.87. The molecule has 0 bridgehead atoms. The Balaban J connectivity index is 2.65. The van der Waals surface area contributed by atoms with Crippen LogP contribution in [-0.4, -0.2) is 12.5 Å². The van der Waals surface area contributed by atoms with Crippen molar-refractivity contribution in [1.82, 2.24) is 0 Å². The lowest BCUT2D eigenvalue weighted by molar-refractivity contribution is -0.686. The fourth-order valence-corrected chi connectivity index (χ4v) is 1.77. The second-order valence-corrected chi connectivity index (χ2v) is 4.39. The fraction of sp³-hybridized carbons (Fsp3) is 0.364. The Morgan fingerprint density at radius 1 is 1.47 bits per heavy atom. The van der Waals surface area contributed by atoms with Gasteiger partial charge >= 0.3 is 0 Å². The van der Waals surface area contributed by atoms with Crippen LogP contribution in [0.2, 0.25) is 0 Å². The first-order chi connectivity index (χ1) is 7.13. The maximum atomic E-state index is 10.7. The average Bonchev–Trinajstić information content (AvgIpc) is 2.21. The molecule has 0 fully saturated rings. The van der Waals surface area contributed by atoms with Crippen molar-refractivity contribution in [2.45, 2.75) is 19.4 Å². The number of rotatable bonds is 5. The summed E-state index contributed by atoms with van der Waals surface area (Å²) >= 11 is 3.39. The number of benzene rings is 1. The van der Waals surface area contributed by atoms with Gasteiger partial charge in [-0.3, -0.25) is 4.79 Å². The maximum absolute atomic E-state index is 10.7. The van der Waals surface area contributed by atoms with Gasteiger partial charge in [0, 0.05) is 16.5 Å². The molecule has 1 atom stereocenters. The molecule has 0 aliphatic carbocycles. The Hall–Kier alpha value is -0.870. The van der Waals surface area contributed by atoms with Gasteiger partial charge in [0.1, 0.15) is 6.04 Å². The van der Waals surface area contributed by atoms with Crippen molar-refractivity contribution < 1.29 is 10.1 Å². The first-order valence-electron chi connectivity index (χ1n) is 5.00. The van der Waals surface area contributed by atoms with Gasteiger partial charge in [-0.1, -0.05) is 35.0 Å². The topological polar surface area (TPSA) is 59.7 Å². The van der Waals surface area contributed by atoms with E-state index in [-0.39, 0.29) is 5.91 Å². The lowest BCUT2D eigenvalue weighted by Crippen LogP contribution is -2.87. The van der Waals surface area contributed by atoms with Crippen molar-refractivity contribution in [3.05, 3.63) is 34.3 Å². The van der Waals surface area contributed by atoms with Crippen molar-refractivity contribution in [3.63, 3.8) is 0 Å². The molecule has 82 valence electrons. The zero-order chi connectivity index (χ0) is 11.3. The monoisotopic (exact) mass is 271 g/mol. The van der Waals surface area contributed by atoms with Crippen molar-refractivity contribution in [2.24, 2.45) is 5.73 Å². The molecule has 4 heteroatoms. The minimum absolute atomic E-state index is 0.273. The van der Waals surface area contributed by atoms with Gasteiger partial charge in [0.05, 0.1) is 0 Å². The van der Waals surface area contributed by atoms with E-state index in [1.807, 2.05) is 17.4 Å². The summed E-state index contributed by atoms with van der Waals surface area (Å²) in [4.78, 5) is 10.7. The molecule has 0 unspecified atom stereocenters. The molecule has 1 amide bonds. The number of carbonyl (C=O) groups excluding carboxylic acids is 1. The standard InChI is InChI=1S/C11H15BrN2O/c1-2-10(14-7-11(13)15)8-3-5-9(12)6-4-8/h3-6,10,14H,2,7H2,1H3,(H2,13,15)/p+1/t10-/m1/s1. The highest BCUT2D eigenvalue weighted by molar-refractivity contribution is 9.10. The molecule has 1 rings (SSSR count). The highest BCUT2D eigenvalue weighted by atomic mass is 79.9. The smallest absolute Gasteiger partial charge is 0.272 e. The van der Waals surface area contributed by atoms with Crippen molar-refractivity contribution in [2.75, 3.05) is 6.54 Å². The molecule has 0 saturated carbocycles. The molecule has 4 N–H and O–H groups in total. The summed E-state index contributed by atoms with van der Waals surface area (Å²) in [5.41, 5.74) is 6.34. The highest BCUT2D eigenvalue weighted by Crippen LogP contribution is 2.16. The molecule has 0 aliphatic heterocycles. The molecule has 1 aromatic carbocycles. The average molecular weight is 272 g/mol. The molecule has 3 nitrogen and oxygen atoms in total. The second-order valence-electron chi connectivity index (χ2n) is 3.47. The van der Waals surface area contributed by atoms with Crippen LogP contribution in [0.5, 0.6) is 0 Å². The summed E-state index contributed by atoms with van der Waals surface area (Å²) in [6.45, 7) is 2.44. The normalized spacial score (nSPS) is 12.4. The third-order valence-electron chi connectivity index (χ3n) is 2.34. The van der Waals surface area contributed by atoms with E-state index in [9.17, 15) is 4.79 Å². The van der Waals surface area contributed by atoms with Crippen LogP contribution in [0, 0.1) is 0 Å². The predicted octanol–water partition coefficient (Wildman–Crippen LogP) is 0.949. The van der Waals surface area contributed by atoms with E-state index in [0.717, 1.165) is 10.9 Å². The minimum atomic E-state index is -0.273. The van der Waals surface area contributed by atoms with Gasteiger partial charge in [-0.15, -0.1) is 0 Å². The zero-order valence-electron chi connectivity index (χ0n) is 8.74. The molecule has 0 aliphatic rings. The fourth-order valence-electron chi connectivity index (χ4n) is 1.51. The first kappa shape index (κ1) is 12.2. The molecule has 0 heterocycles. The first-order valence-corrected chi connectivity index (χ1v) is 5.80. The Morgan fingerprint density at radius 2 is 2.07 bits per heavy atom. The van der Waals surface area contributed by atoms with Gasteiger partial charge in [-0.2, -0.15) is 0 Å². The summed E-state index contributed by atoms with van der Waals surface area (Å²) in [6.07, 6.45) is 0.981. The van der Waals surface area contributed by atoms with Gasteiger partial charge in [0.25, 0.3) is 5.91 Å². The summed E-state index contributed by atoms with van der Waals surface area (Å²) < 4.78 is 1.07. The molecule has 0 aromatic heterocycles. The number of amides is 1. The number of halogens is 1. The number of hydrogen-bond donors (Lipinski definition) is 2. The largest absolute Gasteiger partial charge is 0.365 e. The van der Waals surface area contributed by atoms with Crippen LogP contribution < -0.4 is 11.1 Å². The van der Waals surface area contributed by atoms with Crippen LogP contribution in [0.25, 0.3) is 0 Å². The van der Waals surface area contributed by atoms with Crippen LogP contribution >= 0.6 is 15.9 Å². The Morgan fingerprint density at radius 3 is 2.53 bits per heavy atom. The number of hydrogen-bond acceptors (Lipinski definition) is 1. The Bertz CT molecular complexity index is 324. The Kier molecular flexibility index (Phi) is 4.78. The van der Waals surface area contributed by atoms with E-state index in [1.165, 1.54) is 5.56 Å². The molecule has 1 aromatic rings. The number of primary amides is 1. The molecule has 15 heavy (non-hydrogen) atoms. The van der Waals surface area contributed by atoms with E-state index in [2.05, 4.69) is 35.0 Å². The number of quaternary nitrogens is 1. The van der Waals surface area contributed by atoms with Crippen LogP contribution in [0.15, 0.2) is 28.7 Å². The van der Waals surface area contributed by atoms with E-state index in [1.54, 1.807) is 0 Å². The van der Waals surface area contributed by atoms with E-state index >= 15 is 0 Å². The van der Waals surface area contributed by atoms with Gasteiger partial charge in [-0.25, -0.2) is 0 Å². The van der Waals surface area contributed by atoms with Crippen LogP contribution in [-0.2, 0) is 4.79 Å².